The lowest BCUT2D eigenvalue weighted by atomic mass is 9.89. The van der Waals surface area contributed by atoms with Gasteiger partial charge >= 0.3 is 6.03 Å². The van der Waals surface area contributed by atoms with Crippen LogP contribution in [0.4, 0.5) is 4.79 Å². The fourth-order valence-electron chi connectivity index (χ4n) is 3.82. The van der Waals surface area contributed by atoms with Gasteiger partial charge in [0.2, 0.25) is 5.91 Å². The second kappa shape index (κ2) is 8.87. The van der Waals surface area contributed by atoms with Crippen LogP contribution < -0.4 is 16.4 Å². The number of aryl methyl sites for hydroxylation is 1. The van der Waals surface area contributed by atoms with Gasteiger partial charge in [-0.15, -0.1) is 0 Å². The number of primary amides is 1. The minimum Gasteiger partial charge on any atom is -0.368 e. The number of aromatic nitrogens is 1. The van der Waals surface area contributed by atoms with Crippen LogP contribution in [0.1, 0.15) is 61.3 Å². The van der Waals surface area contributed by atoms with Crippen molar-refractivity contribution in [3.8, 4) is 0 Å². The highest BCUT2D eigenvalue weighted by Gasteiger charge is 2.38. The lowest BCUT2D eigenvalue weighted by Crippen LogP contribution is -2.59. The van der Waals surface area contributed by atoms with E-state index in [1.165, 1.54) is 0 Å². The number of nitrogens with two attached hydrogens (primary N) is 1. The molecule has 1 aliphatic rings. The van der Waals surface area contributed by atoms with Gasteiger partial charge in [0.25, 0.3) is 0 Å². The largest absolute Gasteiger partial charge is 0.368 e. The molecule has 0 unspecified atom stereocenters. The van der Waals surface area contributed by atoms with E-state index in [0.717, 1.165) is 42.4 Å². The van der Waals surface area contributed by atoms with Crippen molar-refractivity contribution in [2.24, 2.45) is 5.73 Å². The number of benzene rings is 1. The molecule has 1 heterocycles. The molecule has 148 valence electrons. The first-order valence-corrected chi connectivity index (χ1v) is 9.85. The molecule has 4 N–H and O–H groups in total. The van der Waals surface area contributed by atoms with Crippen LogP contribution in [0.25, 0.3) is 0 Å². The van der Waals surface area contributed by atoms with Crippen molar-refractivity contribution >= 4 is 11.9 Å². The van der Waals surface area contributed by atoms with Crippen molar-refractivity contribution < 1.29 is 9.59 Å². The molecule has 0 aliphatic heterocycles. The molecule has 1 atom stereocenters. The molecular formula is C22H28N4O2. The first kappa shape index (κ1) is 19.9. The van der Waals surface area contributed by atoms with Crippen LogP contribution in [0.5, 0.6) is 0 Å². The standard InChI is InChI=1S/C22H28N4O2/c1-16-6-8-17(9-7-16)19(18-10-14-24-15-11-18)25-21(28)26-22(20(23)27)12-4-2-3-5-13-22/h6-11,14-15,19H,2-5,12-13H2,1H3,(H2,23,27)(H2,25,26,28)/t19-/m0/s1. The first-order valence-electron chi connectivity index (χ1n) is 9.85. The van der Waals surface area contributed by atoms with Crippen molar-refractivity contribution in [3.05, 3.63) is 65.5 Å². The summed E-state index contributed by atoms with van der Waals surface area (Å²) in [4.78, 5) is 29.2. The van der Waals surface area contributed by atoms with Gasteiger partial charge in [0, 0.05) is 12.4 Å². The summed E-state index contributed by atoms with van der Waals surface area (Å²) >= 11 is 0. The molecule has 28 heavy (non-hydrogen) atoms. The third-order valence-corrected chi connectivity index (χ3v) is 5.51. The van der Waals surface area contributed by atoms with Crippen molar-refractivity contribution in [1.29, 1.82) is 0 Å². The number of carbonyl (C=O) groups excluding carboxylic acids is 2. The predicted molar refractivity (Wildman–Crippen MR) is 109 cm³/mol. The Bertz CT molecular complexity index is 797. The van der Waals surface area contributed by atoms with Crippen LogP contribution in [0, 0.1) is 6.92 Å². The Balaban J connectivity index is 1.82. The van der Waals surface area contributed by atoms with Crippen LogP contribution in [-0.2, 0) is 4.79 Å². The van der Waals surface area contributed by atoms with Crippen LogP contribution in [0.3, 0.4) is 0 Å². The summed E-state index contributed by atoms with van der Waals surface area (Å²) in [5, 5.41) is 5.94. The van der Waals surface area contributed by atoms with Gasteiger partial charge in [0.15, 0.2) is 0 Å². The Morgan fingerprint density at radius 2 is 1.54 bits per heavy atom. The molecule has 0 spiro atoms. The number of nitrogens with zero attached hydrogens (tertiary/aromatic N) is 1. The molecule has 6 heteroatoms. The summed E-state index contributed by atoms with van der Waals surface area (Å²) in [6, 6.07) is 11.0. The quantitative estimate of drug-likeness (QED) is 0.694. The summed E-state index contributed by atoms with van der Waals surface area (Å²) in [6.45, 7) is 2.02. The minimum absolute atomic E-state index is 0.348. The Morgan fingerprint density at radius 1 is 0.964 bits per heavy atom. The molecule has 1 aromatic heterocycles. The van der Waals surface area contributed by atoms with Crippen LogP contribution in [0.15, 0.2) is 48.8 Å². The molecule has 1 aromatic carbocycles. The Hall–Kier alpha value is -2.89. The SMILES string of the molecule is Cc1ccc([C@H](NC(=O)NC2(C(N)=O)CCCCCC2)c2ccncc2)cc1. The van der Waals surface area contributed by atoms with E-state index in [4.69, 9.17) is 5.73 Å². The van der Waals surface area contributed by atoms with E-state index in [1.807, 2.05) is 43.3 Å². The highest BCUT2D eigenvalue weighted by Crippen LogP contribution is 2.28. The van der Waals surface area contributed by atoms with Gasteiger partial charge in [-0.3, -0.25) is 9.78 Å². The molecule has 2 aromatic rings. The Morgan fingerprint density at radius 3 is 2.11 bits per heavy atom. The summed E-state index contributed by atoms with van der Waals surface area (Å²) in [6.07, 6.45) is 8.45. The van der Waals surface area contributed by atoms with Crippen LogP contribution in [-0.4, -0.2) is 22.5 Å². The molecule has 0 radical (unpaired) electrons. The fourth-order valence-corrected chi connectivity index (χ4v) is 3.82. The normalized spacial score (nSPS) is 17.2. The van der Waals surface area contributed by atoms with E-state index in [-0.39, 0.29) is 12.1 Å². The zero-order valence-corrected chi connectivity index (χ0v) is 16.3. The minimum atomic E-state index is -0.976. The van der Waals surface area contributed by atoms with Crippen molar-refractivity contribution in [3.63, 3.8) is 0 Å². The van der Waals surface area contributed by atoms with Gasteiger partial charge in [-0.2, -0.15) is 0 Å². The van der Waals surface area contributed by atoms with E-state index in [1.54, 1.807) is 12.4 Å². The number of carbonyl (C=O) groups is 2. The summed E-state index contributed by atoms with van der Waals surface area (Å²) < 4.78 is 0. The first-order chi connectivity index (χ1) is 13.5. The van der Waals surface area contributed by atoms with E-state index in [9.17, 15) is 9.59 Å². The van der Waals surface area contributed by atoms with E-state index in [0.29, 0.717) is 12.8 Å². The lowest BCUT2D eigenvalue weighted by molar-refractivity contribution is -0.124. The number of pyridine rings is 1. The number of nitrogens with one attached hydrogen (secondary N) is 2. The van der Waals surface area contributed by atoms with Crippen molar-refractivity contribution in [1.82, 2.24) is 15.6 Å². The molecule has 1 fully saturated rings. The molecule has 0 saturated heterocycles. The lowest BCUT2D eigenvalue weighted by Gasteiger charge is -2.31. The third-order valence-electron chi connectivity index (χ3n) is 5.51. The van der Waals surface area contributed by atoms with Gasteiger partial charge in [-0.25, -0.2) is 4.79 Å². The number of amides is 3. The topological polar surface area (TPSA) is 97.1 Å². The molecule has 3 amide bonds. The second-order valence-corrected chi connectivity index (χ2v) is 7.58. The highest BCUT2D eigenvalue weighted by molar-refractivity contribution is 5.90. The monoisotopic (exact) mass is 380 g/mol. The summed E-state index contributed by atoms with van der Waals surface area (Å²) in [5.41, 5.74) is 7.75. The molecule has 1 aliphatic carbocycles. The smallest absolute Gasteiger partial charge is 0.316 e. The number of urea groups is 1. The number of hydrogen-bond donors (Lipinski definition) is 3. The fraction of sp³-hybridized carbons (Fsp3) is 0.409. The van der Waals surface area contributed by atoms with Crippen LogP contribution >= 0.6 is 0 Å². The third kappa shape index (κ3) is 4.68. The van der Waals surface area contributed by atoms with Gasteiger partial charge in [-0.1, -0.05) is 55.5 Å². The maximum Gasteiger partial charge on any atom is 0.316 e. The van der Waals surface area contributed by atoms with E-state index >= 15 is 0 Å². The molecule has 3 rings (SSSR count). The predicted octanol–water partition coefficient (Wildman–Crippen LogP) is 3.36. The molecular weight excluding hydrogens is 352 g/mol. The summed E-state index contributed by atoms with van der Waals surface area (Å²) in [7, 11) is 0. The summed E-state index contributed by atoms with van der Waals surface area (Å²) in [5.74, 6) is -0.458. The average molecular weight is 380 g/mol. The molecule has 6 nitrogen and oxygen atoms in total. The van der Waals surface area contributed by atoms with Gasteiger partial charge in [0.05, 0.1) is 6.04 Å². The van der Waals surface area contributed by atoms with E-state index in [2.05, 4.69) is 15.6 Å². The van der Waals surface area contributed by atoms with Crippen molar-refractivity contribution in [2.75, 3.05) is 0 Å². The molecule has 0 bridgehead atoms. The Labute approximate surface area is 165 Å². The van der Waals surface area contributed by atoms with Gasteiger partial charge in [0.1, 0.15) is 5.54 Å². The zero-order valence-electron chi connectivity index (χ0n) is 16.3. The molecule has 1 saturated carbocycles. The maximum atomic E-state index is 12.9. The number of hydrogen-bond acceptors (Lipinski definition) is 3. The Kier molecular flexibility index (Phi) is 6.29. The second-order valence-electron chi connectivity index (χ2n) is 7.58. The zero-order chi connectivity index (χ0) is 20.0. The van der Waals surface area contributed by atoms with Crippen LogP contribution in [0.2, 0.25) is 0 Å². The maximum absolute atomic E-state index is 12.9. The number of rotatable bonds is 5. The highest BCUT2D eigenvalue weighted by atomic mass is 16.2. The van der Waals surface area contributed by atoms with Gasteiger partial charge < -0.3 is 16.4 Å². The van der Waals surface area contributed by atoms with Crippen molar-refractivity contribution in [2.45, 2.75) is 57.0 Å². The average Bonchev–Trinajstić information content (AvgIpc) is 2.94. The van der Waals surface area contributed by atoms with E-state index < -0.39 is 11.4 Å². The van der Waals surface area contributed by atoms with Gasteiger partial charge in [-0.05, 0) is 43.0 Å².